The molecule has 12 heteroatoms. The number of imidazole rings is 1. The third kappa shape index (κ3) is 3.20. The summed E-state index contributed by atoms with van der Waals surface area (Å²) in [7, 11) is 0. The number of nitrogens with zero attached hydrogens (tertiary/aromatic N) is 4. The average molecular weight is 419 g/mol. The van der Waals surface area contributed by atoms with Crippen LogP contribution in [0.2, 0.25) is 0 Å². The van der Waals surface area contributed by atoms with Crippen LogP contribution in [0.4, 0.5) is 10.3 Å². The van der Waals surface area contributed by atoms with Gasteiger partial charge in [0, 0.05) is 0 Å². The summed E-state index contributed by atoms with van der Waals surface area (Å²) in [5, 5.41) is 28.7. The van der Waals surface area contributed by atoms with Crippen LogP contribution in [0, 0.1) is 0 Å². The van der Waals surface area contributed by atoms with E-state index in [2.05, 4.69) is 9.97 Å². The Morgan fingerprint density at radius 2 is 2.13 bits per heavy atom. The first-order chi connectivity index (χ1) is 14.3. The van der Waals surface area contributed by atoms with E-state index in [1.807, 2.05) is 0 Å². The predicted octanol–water partition coefficient (Wildman–Crippen LogP) is -0.490. The molecule has 1 aliphatic heterocycles. The molecule has 4 atom stereocenters. The Morgan fingerprint density at radius 1 is 1.37 bits per heavy atom. The molecule has 1 aromatic carbocycles. The van der Waals surface area contributed by atoms with E-state index in [1.54, 1.807) is 12.1 Å². The number of hydrogen-bond acceptors (Lipinski definition) is 8. The van der Waals surface area contributed by atoms with Crippen LogP contribution in [-0.2, 0) is 11.3 Å². The summed E-state index contributed by atoms with van der Waals surface area (Å²) in [5.74, 6) is -1.27. The molecule has 1 saturated heterocycles. The quantitative estimate of drug-likeness (QED) is 0.427. The number of aliphatic hydroxyl groups excluding tert-OH is 2. The van der Waals surface area contributed by atoms with Gasteiger partial charge < -0.3 is 25.8 Å². The van der Waals surface area contributed by atoms with E-state index in [4.69, 9.17) is 10.5 Å². The molecule has 2 aromatic heterocycles. The van der Waals surface area contributed by atoms with Crippen LogP contribution in [0.3, 0.4) is 0 Å². The van der Waals surface area contributed by atoms with Crippen molar-refractivity contribution in [3.63, 3.8) is 0 Å². The molecule has 0 bridgehead atoms. The first-order valence-electron chi connectivity index (χ1n) is 8.95. The monoisotopic (exact) mass is 419 g/mol. The number of anilines is 1. The Bertz CT molecular complexity index is 1180. The Balaban J connectivity index is 1.85. The second-order valence-electron chi connectivity index (χ2n) is 6.86. The summed E-state index contributed by atoms with van der Waals surface area (Å²) in [6.45, 7) is -0.719. The van der Waals surface area contributed by atoms with Crippen molar-refractivity contribution in [3.8, 4) is 0 Å². The van der Waals surface area contributed by atoms with Gasteiger partial charge in [-0.1, -0.05) is 12.1 Å². The fraction of sp³-hybridized carbons (Fsp3) is 0.333. The predicted molar refractivity (Wildman–Crippen MR) is 101 cm³/mol. The normalized spacial score (nSPS) is 23.8. The molecule has 158 valence electrons. The maximum Gasteiger partial charge on any atom is 0.335 e. The lowest BCUT2D eigenvalue weighted by Gasteiger charge is -2.15. The lowest BCUT2D eigenvalue weighted by atomic mass is 10.1. The maximum atomic E-state index is 14.2. The number of benzene rings is 1. The lowest BCUT2D eigenvalue weighted by Crippen LogP contribution is -2.34. The summed E-state index contributed by atoms with van der Waals surface area (Å²) in [4.78, 5) is 32.3. The Labute approximate surface area is 167 Å². The molecule has 1 fully saturated rings. The van der Waals surface area contributed by atoms with E-state index in [-0.39, 0.29) is 29.2 Å². The van der Waals surface area contributed by atoms with E-state index in [1.165, 1.54) is 22.9 Å². The second kappa shape index (κ2) is 7.48. The van der Waals surface area contributed by atoms with Gasteiger partial charge >= 0.3 is 11.7 Å². The fourth-order valence-electron chi connectivity index (χ4n) is 3.51. The number of nitrogen functional groups attached to an aromatic ring is 1. The fourth-order valence-corrected chi connectivity index (χ4v) is 3.51. The minimum Gasteiger partial charge on any atom is -0.478 e. The Hall–Kier alpha value is -3.35. The number of carboxylic acid groups (broad SMARTS) is 1. The smallest absolute Gasteiger partial charge is 0.335 e. The number of carbonyl (C=O) groups is 1. The van der Waals surface area contributed by atoms with Crippen molar-refractivity contribution in [2.24, 2.45) is 0 Å². The molecule has 30 heavy (non-hydrogen) atoms. The van der Waals surface area contributed by atoms with Crippen LogP contribution in [0.15, 0.2) is 35.3 Å². The van der Waals surface area contributed by atoms with Crippen LogP contribution < -0.4 is 11.4 Å². The standard InChI is InChI=1S/C18H18FN5O6/c19-12-11(7-25)30-15(13(12)26)24-14-10(5-21-17(20)22-14)23(18(24)29)6-8-2-1-3-9(4-8)16(27)28/h1-5,11-13,15,25-26H,6-7H2,(H,27,28)(H2,20,21,22)/t11-,12-,13-,15-/m1/s1. The van der Waals surface area contributed by atoms with Crippen molar-refractivity contribution in [3.05, 3.63) is 52.1 Å². The number of aliphatic hydroxyl groups is 2. The molecule has 0 radical (unpaired) electrons. The van der Waals surface area contributed by atoms with Gasteiger partial charge in [-0.05, 0) is 17.7 Å². The van der Waals surface area contributed by atoms with E-state index in [9.17, 15) is 29.3 Å². The molecular formula is C18H18FN5O6. The van der Waals surface area contributed by atoms with Crippen LogP contribution in [0.1, 0.15) is 22.1 Å². The van der Waals surface area contributed by atoms with Gasteiger partial charge in [-0.15, -0.1) is 0 Å². The van der Waals surface area contributed by atoms with Gasteiger partial charge in [-0.3, -0.25) is 4.57 Å². The topological polar surface area (TPSA) is 166 Å². The number of halogens is 1. The summed E-state index contributed by atoms with van der Waals surface area (Å²) in [6, 6.07) is 6.01. The van der Waals surface area contributed by atoms with Gasteiger partial charge in [-0.25, -0.2) is 23.5 Å². The molecule has 3 aromatic rings. The zero-order chi connectivity index (χ0) is 21.6. The number of rotatable bonds is 5. The zero-order valence-corrected chi connectivity index (χ0v) is 15.4. The van der Waals surface area contributed by atoms with Gasteiger partial charge in [0.2, 0.25) is 5.95 Å². The van der Waals surface area contributed by atoms with Crippen molar-refractivity contribution in [2.75, 3.05) is 12.3 Å². The zero-order valence-electron chi connectivity index (χ0n) is 15.4. The first kappa shape index (κ1) is 19.9. The van der Waals surface area contributed by atoms with Gasteiger partial charge in [0.05, 0.1) is 24.9 Å². The summed E-state index contributed by atoms with van der Waals surface area (Å²) >= 11 is 0. The summed E-state index contributed by atoms with van der Waals surface area (Å²) in [6.07, 6.45) is -5.06. The summed E-state index contributed by atoms with van der Waals surface area (Å²) < 4.78 is 21.8. The Kier molecular flexibility index (Phi) is 4.97. The van der Waals surface area contributed by atoms with Crippen molar-refractivity contribution in [1.82, 2.24) is 19.1 Å². The van der Waals surface area contributed by atoms with Gasteiger partial charge in [0.1, 0.15) is 17.7 Å². The molecule has 4 rings (SSSR count). The second-order valence-corrected chi connectivity index (χ2v) is 6.86. The lowest BCUT2D eigenvalue weighted by molar-refractivity contribution is -0.0513. The molecule has 0 unspecified atom stereocenters. The number of aromatic nitrogens is 4. The van der Waals surface area contributed by atoms with Crippen LogP contribution in [0.5, 0.6) is 0 Å². The molecular weight excluding hydrogens is 401 g/mol. The van der Waals surface area contributed by atoms with E-state index in [0.29, 0.717) is 5.56 Å². The highest BCUT2D eigenvalue weighted by Crippen LogP contribution is 2.32. The average Bonchev–Trinajstić information content (AvgIpc) is 3.15. The van der Waals surface area contributed by atoms with E-state index < -0.39 is 42.9 Å². The van der Waals surface area contributed by atoms with E-state index in [0.717, 1.165) is 4.57 Å². The maximum absolute atomic E-state index is 14.2. The number of aromatic carboxylic acids is 1. The highest BCUT2D eigenvalue weighted by molar-refractivity contribution is 5.87. The number of nitrogens with two attached hydrogens (primary N) is 1. The molecule has 0 spiro atoms. The number of alkyl halides is 1. The minimum atomic E-state index is -1.91. The molecule has 11 nitrogen and oxygen atoms in total. The van der Waals surface area contributed by atoms with Crippen molar-refractivity contribution < 1.29 is 29.2 Å². The number of ether oxygens (including phenoxy) is 1. The SMILES string of the molecule is Nc1ncc2c(n1)n([C@@H]1O[C@H](CO)[C@@H](F)[C@H]1O)c(=O)n2Cc1cccc(C(=O)O)c1. The van der Waals surface area contributed by atoms with Crippen LogP contribution in [0.25, 0.3) is 11.2 Å². The highest BCUT2D eigenvalue weighted by atomic mass is 19.1. The minimum absolute atomic E-state index is 0.0109. The number of hydrogen-bond donors (Lipinski definition) is 4. The third-order valence-electron chi connectivity index (χ3n) is 4.96. The third-order valence-corrected chi connectivity index (χ3v) is 4.96. The van der Waals surface area contributed by atoms with Gasteiger partial charge in [0.25, 0.3) is 0 Å². The molecule has 0 amide bonds. The molecule has 0 aliphatic carbocycles. The van der Waals surface area contributed by atoms with Gasteiger partial charge in [0.15, 0.2) is 18.0 Å². The molecule has 5 N–H and O–H groups in total. The largest absolute Gasteiger partial charge is 0.478 e. The number of carboxylic acids is 1. The van der Waals surface area contributed by atoms with Gasteiger partial charge in [-0.2, -0.15) is 4.98 Å². The van der Waals surface area contributed by atoms with E-state index >= 15 is 0 Å². The number of fused-ring (bicyclic) bond motifs is 1. The van der Waals surface area contributed by atoms with Crippen molar-refractivity contribution in [2.45, 2.75) is 31.2 Å². The molecule has 1 aliphatic rings. The van der Waals surface area contributed by atoms with Crippen LogP contribution >= 0.6 is 0 Å². The Morgan fingerprint density at radius 3 is 2.80 bits per heavy atom. The van der Waals surface area contributed by atoms with Crippen molar-refractivity contribution in [1.29, 1.82) is 0 Å². The van der Waals surface area contributed by atoms with Crippen molar-refractivity contribution >= 4 is 23.1 Å². The highest BCUT2D eigenvalue weighted by Gasteiger charge is 2.46. The molecule has 3 heterocycles. The first-order valence-corrected chi connectivity index (χ1v) is 8.95. The summed E-state index contributed by atoms with van der Waals surface area (Å²) in [5.41, 5.74) is 5.75. The molecule has 0 saturated carbocycles. The van der Waals surface area contributed by atoms with Crippen LogP contribution in [-0.4, -0.2) is 65.4 Å².